The van der Waals surface area contributed by atoms with Crippen LogP contribution in [0.2, 0.25) is 0 Å². The minimum atomic E-state index is -3.67. The summed E-state index contributed by atoms with van der Waals surface area (Å²) in [7, 11) is -6.95. The van der Waals surface area contributed by atoms with Crippen molar-refractivity contribution in [3.8, 4) is 12.0 Å². The smallest absolute Gasteiger partial charge is 0.332 e. The summed E-state index contributed by atoms with van der Waals surface area (Å²) in [6.07, 6.45) is 20.9. The van der Waals surface area contributed by atoms with Gasteiger partial charge in [-0.2, -0.15) is 0 Å². The number of hydrogen-bond acceptors (Lipinski definition) is 9. The van der Waals surface area contributed by atoms with Crippen LogP contribution in [0.5, 0.6) is 5.75 Å². The van der Waals surface area contributed by atoms with Crippen molar-refractivity contribution in [2.75, 3.05) is 44.6 Å². The third kappa shape index (κ3) is 9.20. The van der Waals surface area contributed by atoms with Gasteiger partial charge in [0.1, 0.15) is 0 Å². The van der Waals surface area contributed by atoms with Crippen LogP contribution < -0.4 is 19.9 Å². The Balaban J connectivity index is 0.000000154. The maximum atomic E-state index is 12.6. The molecule has 0 saturated carbocycles. The lowest BCUT2D eigenvalue weighted by Crippen LogP contribution is -2.46. The van der Waals surface area contributed by atoms with Crippen LogP contribution in [-0.4, -0.2) is 82.4 Å². The minimum Gasteiger partial charge on any atom is -0.387 e. The van der Waals surface area contributed by atoms with Gasteiger partial charge in [-0.3, -0.25) is 0 Å². The summed E-state index contributed by atoms with van der Waals surface area (Å²) < 4.78 is 54.6. The van der Waals surface area contributed by atoms with E-state index in [1.165, 1.54) is 34.2 Å². The van der Waals surface area contributed by atoms with E-state index in [1.807, 2.05) is 12.3 Å². The second kappa shape index (κ2) is 17.4. The largest absolute Gasteiger partial charge is 0.387 e. The van der Waals surface area contributed by atoms with Gasteiger partial charge in [-0.1, -0.05) is 50.3 Å². The zero-order valence-electron chi connectivity index (χ0n) is 31.5. The molecule has 4 aliphatic carbocycles. The summed E-state index contributed by atoms with van der Waals surface area (Å²) in [6, 6.07) is 3.87. The van der Waals surface area contributed by atoms with E-state index in [4.69, 9.17) is 15.1 Å². The number of primary sulfonamides is 1. The number of amides is 2. The van der Waals surface area contributed by atoms with E-state index in [2.05, 4.69) is 64.0 Å². The van der Waals surface area contributed by atoms with Gasteiger partial charge in [0.25, 0.3) is 6.26 Å². The van der Waals surface area contributed by atoms with Gasteiger partial charge in [0, 0.05) is 11.1 Å². The lowest BCUT2D eigenvalue weighted by Gasteiger charge is -2.30. The second-order valence-electron chi connectivity index (χ2n) is 14.9. The third-order valence-electron chi connectivity index (χ3n) is 11.7. The van der Waals surface area contributed by atoms with Crippen molar-refractivity contribution in [3.05, 3.63) is 68.8 Å². The maximum absolute atomic E-state index is 12.6. The van der Waals surface area contributed by atoms with Crippen molar-refractivity contribution in [1.82, 2.24) is 14.5 Å². The molecule has 0 unspecified atom stereocenters. The van der Waals surface area contributed by atoms with Crippen LogP contribution in [0.15, 0.2) is 24.3 Å². The van der Waals surface area contributed by atoms with Gasteiger partial charge >= 0.3 is 6.03 Å². The first kappa shape index (κ1) is 39.9. The van der Waals surface area contributed by atoms with Gasteiger partial charge in [0.15, 0.2) is 5.75 Å². The Labute approximate surface area is 320 Å². The number of benzene rings is 2. The fraction of sp³-hybridized carbons (Fsp3) is 0.550. The molecular formula is C40H54N6O6S2. The van der Waals surface area contributed by atoms with Gasteiger partial charge in [0.2, 0.25) is 20.0 Å². The third-order valence-corrected chi connectivity index (χ3v) is 15.0. The molecule has 0 atom stereocenters. The highest BCUT2D eigenvalue weighted by Gasteiger charge is 2.32. The van der Waals surface area contributed by atoms with Crippen molar-refractivity contribution in [2.24, 2.45) is 5.14 Å². The number of nitrogens with one attached hydrogen (secondary N) is 2. The fourth-order valence-corrected chi connectivity index (χ4v) is 10.8. The normalized spacial score (nSPS) is 19.4. The molecule has 14 heteroatoms. The molecule has 8 rings (SSSR count). The number of nitrogens with two attached hydrogens (primary N) is 1. The van der Waals surface area contributed by atoms with Gasteiger partial charge in [-0.15, -0.1) is 5.26 Å². The molecule has 12 nitrogen and oxygen atoms in total. The average Bonchev–Trinajstić information content (AvgIpc) is 3.99. The maximum Gasteiger partial charge on any atom is 0.332 e. The molecule has 2 aromatic carbocycles. The lowest BCUT2D eigenvalue weighted by molar-refractivity contribution is 0.240. The summed E-state index contributed by atoms with van der Waals surface area (Å²) in [5.74, 6) is 0.816. The molecule has 0 radical (unpaired) electrons. The van der Waals surface area contributed by atoms with E-state index < -0.39 is 31.3 Å². The number of aryl methyl sites for hydroxylation is 2. The van der Waals surface area contributed by atoms with E-state index in [0.29, 0.717) is 25.7 Å². The predicted molar refractivity (Wildman–Crippen MR) is 213 cm³/mol. The Bertz CT molecular complexity index is 2040. The van der Waals surface area contributed by atoms with Crippen LogP contribution in [-0.2, 0) is 58.6 Å². The highest BCUT2D eigenvalue weighted by Crippen LogP contribution is 2.40. The van der Waals surface area contributed by atoms with E-state index in [-0.39, 0.29) is 5.25 Å². The van der Waals surface area contributed by atoms with Crippen molar-refractivity contribution < 1.29 is 26.4 Å². The van der Waals surface area contributed by atoms with Crippen LogP contribution >= 0.6 is 0 Å². The number of carbonyl (C=O) groups is 1. The number of fused-ring (bicyclic) bond motifs is 4. The molecule has 6 aliphatic rings. The highest BCUT2D eigenvalue weighted by molar-refractivity contribution is 7.90. The number of likely N-dealkylation sites (tertiary alicyclic amines) is 2. The van der Waals surface area contributed by atoms with E-state index in [0.717, 1.165) is 112 Å². The van der Waals surface area contributed by atoms with Crippen LogP contribution in [0.1, 0.15) is 96.9 Å². The number of sulfonamides is 2. The Morgan fingerprint density at radius 1 is 0.796 bits per heavy atom. The zero-order valence-corrected chi connectivity index (χ0v) is 33.2. The number of nitriles is 1. The molecule has 4 N–H and O–H groups in total. The molecule has 292 valence electrons. The first-order chi connectivity index (χ1) is 25.9. The Kier molecular flexibility index (Phi) is 12.9. The van der Waals surface area contributed by atoms with Crippen LogP contribution in [0.4, 0.5) is 10.5 Å². The minimum absolute atomic E-state index is 0.305. The standard InChI is InChI=1S/C20H27N3O3S.C13H11NO.C7H16N2O2S/c1-2-23-11-9-16(10-12-23)27(25,26)22-20(24)21-19-17-7-3-5-14(17)13-15-6-4-8-18(15)19;14-8-15-13-11-5-1-3-9(11)7-10-4-2-6-12(10)13;1-2-9-5-3-7(4-6-9)12(8,10)11/h3,7,13,16H,2,4-6,8-12H2,1H3,(H2,21,22,24);1,5,7H,2-4,6H2;7H,2-6H2,1H3,(H2,8,10,11). The number of urea groups is 1. The fourth-order valence-electron chi connectivity index (χ4n) is 8.67. The molecule has 0 bridgehead atoms. The van der Waals surface area contributed by atoms with Crippen LogP contribution in [0.25, 0.3) is 12.2 Å². The first-order valence-corrected chi connectivity index (χ1v) is 22.6. The summed E-state index contributed by atoms with van der Waals surface area (Å²) in [6.45, 7) is 9.32. The van der Waals surface area contributed by atoms with E-state index >= 15 is 0 Å². The molecule has 0 aromatic heterocycles. The van der Waals surface area contributed by atoms with Gasteiger partial charge < -0.3 is 19.9 Å². The van der Waals surface area contributed by atoms with E-state index in [9.17, 15) is 21.6 Å². The number of nitrogens with zero attached hydrogens (tertiary/aromatic N) is 3. The molecule has 0 spiro atoms. The molecule has 2 aromatic rings. The molecular weight excluding hydrogens is 725 g/mol. The average molecular weight is 779 g/mol. The Morgan fingerprint density at radius 2 is 1.31 bits per heavy atom. The number of rotatable bonds is 7. The molecule has 2 saturated heterocycles. The number of anilines is 1. The van der Waals surface area contributed by atoms with Crippen molar-refractivity contribution in [1.29, 1.82) is 5.26 Å². The summed E-state index contributed by atoms with van der Waals surface area (Å²) in [5.41, 5.74) is 10.5. The number of ether oxygens (including phenoxy) is 1. The zero-order chi connectivity index (χ0) is 38.5. The Hall–Kier alpha value is -3.74. The molecule has 2 amide bonds. The molecule has 2 fully saturated rings. The van der Waals surface area contributed by atoms with Gasteiger partial charge in [0.05, 0.1) is 16.2 Å². The number of allylic oxidation sites excluding steroid dienone is 2. The topological polar surface area (TPSA) is 175 Å². The molecule has 54 heavy (non-hydrogen) atoms. The molecule has 2 aliphatic heterocycles. The monoisotopic (exact) mass is 778 g/mol. The van der Waals surface area contributed by atoms with Crippen LogP contribution in [0, 0.1) is 11.5 Å². The van der Waals surface area contributed by atoms with Crippen LogP contribution in [0.3, 0.4) is 0 Å². The van der Waals surface area contributed by atoms with Gasteiger partial charge in [-0.25, -0.2) is 31.5 Å². The Morgan fingerprint density at radius 3 is 1.87 bits per heavy atom. The predicted octanol–water partition coefficient (Wildman–Crippen LogP) is 5.04. The van der Waals surface area contributed by atoms with Crippen molar-refractivity contribution in [3.63, 3.8) is 0 Å². The first-order valence-electron chi connectivity index (χ1n) is 19.4. The SMILES string of the molecule is CCN1CCC(S(=O)(=O)NC(=O)Nc2c3c(cc4c2CCC4)CC=C3)CC1.CCN1CCC(S(N)(=O)=O)CC1.N#COc1c2c(cc3c1CCC3)CC=C2. The summed E-state index contributed by atoms with van der Waals surface area (Å²) in [4.78, 5) is 17.0. The molecule has 2 heterocycles. The number of carbonyl (C=O) groups excluding carboxylic acids is 1. The summed E-state index contributed by atoms with van der Waals surface area (Å²) >= 11 is 0. The number of hydrogen-bond donors (Lipinski definition) is 3. The summed E-state index contributed by atoms with van der Waals surface area (Å²) in [5, 5.41) is 15.8. The van der Waals surface area contributed by atoms with Crippen molar-refractivity contribution >= 4 is 43.9 Å². The number of piperidine rings is 2. The van der Waals surface area contributed by atoms with Crippen molar-refractivity contribution in [2.45, 2.75) is 101 Å². The van der Waals surface area contributed by atoms with E-state index in [1.54, 1.807) is 0 Å². The quantitative estimate of drug-likeness (QED) is 0.325. The highest BCUT2D eigenvalue weighted by atomic mass is 32.2. The van der Waals surface area contributed by atoms with Gasteiger partial charge in [-0.05, 0) is 150 Å². The second-order valence-corrected chi connectivity index (χ2v) is 18.8. The lowest BCUT2D eigenvalue weighted by atomic mass is 9.98.